The van der Waals surface area contributed by atoms with Crippen molar-refractivity contribution in [2.75, 3.05) is 5.32 Å². The van der Waals surface area contributed by atoms with Gasteiger partial charge in [-0.15, -0.1) is 0 Å². The number of carbonyl (C=O) groups excluding carboxylic acids is 2. The van der Waals surface area contributed by atoms with E-state index in [1.54, 1.807) is 49.4 Å². The van der Waals surface area contributed by atoms with Crippen LogP contribution in [0.4, 0.5) is 5.69 Å². The maximum atomic E-state index is 12.5. The summed E-state index contributed by atoms with van der Waals surface area (Å²) in [6.07, 6.45) is -0.630. The van der Waals surface area contributed by atoms with Crippen LogP contribution in [-0.2, 0) is 0 Å². The van der Waals surface area contributed by atoms with Crippen molar-refractivity contribution < 1.29 is 14.3 Å². The van der Waals surface area contributed by atoms with Crippen LogP contribution in [0, 0.1) is 6.92 Å². The summed E-state index contributed by atoms with van der Waals surface area (Å²) in [5.74, 6) is 0.248. The third kappa shape index (κ3) is 4.61. The van der Waals surface area contributed by atoms with Crippen molar-refractivity contribution in [3.63, 3.8) is 0 Å². The van der Waals surface area contributed by atoms with Crippen molar-refractivity contribution in [1.29, 1.82) is 0 Å². The van der Waals surface area contributed by atoms with Gasteiger partial charge in [0.2, 0.25) is 5.78 Å². The number of amides is 1. The fourth-order valence-electron chi connectivity index (χ4n) is 2.77. The van der Waals surface area contributed by atoms with E-state index in [-0.39, 0.29) is 11.7 Å². The zero-order valence-electron chi connectivity index (χ0n) is 15.3. The van der Waals surface area contributed by atoms with Gasteiger partial charge in [0.15, 0.2) is 6.10 Å². The van der Waals surface area contributed by atoms with E-state index >= 15 is 0 Å². The molecule has 136 valence electrons. The lowest BCUT2D eigenvalue weighted by Gasteiger charge is -2.15. The van der Waals surface area contributed by atoms with Crippen LogP contribution in [-0.4, -0.2) is 17.8 Å². The number of nitrogens with one attached hydrogen (secondary N) is 1. The van der Waals surface area contributed by atoms with Gasteiger partial charge in [0.25, 0.3) is 5.91 Å². The Labute approximate surface area is 158 Å². The van der Waals surface area contributed by atoms with Gasteiger partial charge in [0.05, 0.1) is 0 Å². The molecule has 3 aromatic rings. The fourth-order valence-corrected chi connectivity index (χ4v) is 2.77. The molecule has 1 unspecified atom stereocenters. The Hall–Kier alpha value is -3.40. The Kier molecular flexibility index (Phi) is 5.67. The molecular formula is C23H21NO3. The summed E-state index contributed by atoms with van der Waals surface area (Å²) in [6.45, 7) is 3.61. The average molecular weight is 359 g/mol. The lowest BCUT2D eigenvalue weighted by molar-refractivity contribution is 0.0818. The number of hydrogen-bond donors (Lipinski definition) is 1. The summed E-state index contributed by atoms with van der Waals surface area (Å²) in [4.78, 5) is 24.9. The number of benzene rings is 3. The normalized spacial score (nSPS) is 11.5. The van der Waals surface area contributed by atoms with Crippen molar-refractivity contribution in [2.45, 2.75) is 20.0 Å². The van der Waals surface area contributed by atoms with Gasteiger partial charge in [0.1, 0.15) is 5.75 Å². The second-order valence-electron chi connectivity index (χ2n) is 6.29. The van der Waals surface area contributed by atoms with Crippen LogP contribution in [0.1, 0.15) is 33.2 Å². The minimum Gasteiger partial charge on any atom is -0.482 e. The number of ether oxygens (including phenoxy) is 1. The molecule has 0 fully saturated rings. The molecule has 0 saturated heterocycles. The van der Waals surface area contributed by atoms with E-state index in [0.29, 0.717) is 22.6 Å². The predicted octanol–water partition coefficient (Wildman–Crippen LogP) is 4.90. The van der Waals surface area contributed by atoms with Gasteiger partial charge < -0.3 is 10.1 Å². The molecule has 0 aliphatic heterocycles. The molecule has 4 heteroatoms. The van der Waals surface area contributed by atoms with Gasteiger partial charge in [-0.25, -0.2) is 0 Å². The summed E-state index contributed by atoms with van der Waals surface area (Å²) >= 11 is 0. The lowest BCUT2D eigenvalue weighted by atomic mass is 10.1. The van der Waals surface area contributed by atoms with Crippen molar-refractivity contribution >= 4 is 17.4 Å². The van der Waals surface area contributed by atoms with E-state index < -0.39 is 6.10 Å². The summed E-state index contributed by atoms with van der Waals surface area (Å²) < 4.78 is 5.78. The van der Waals surface area contributed by atoms with E-state index in [9.17, 15) is 9.59 Å². The maximum Gasteiger partial charge on any atom is 0.255 e. The van der Waals surface area contributed by atoms with Gasteiger partial charge in [-0.3, -0.25) is 9.59 Å². The first-order valence-corrected chi connectivity index (χ1v) is 8.77. The fraction of sp³-hybridized carbons (Fsp3) is 0.130. The van der Waals surface area contributed by atoms with E-state index in [2.05, 4.69) is 5.32 Å². The summed E-state index contributed by atoms with van der Waals surface area (Å²) in [5, 5.41) is 2.87. The topological polar surface area (TPSA) is 55.4 Å². The molecule has 1 N–H and O–H groups in total. The molecule has 3 aromatic carbocycles. The van der Waals surface area contributed by atoms with Crippen LogP contribution in [0.25, 0.3) is 0 Å². The largest absolute Gasteiger partial charge is 0.482 e. The Balaban J connectivity index is 1.69. The van der Waals surface area contributed by atoms with E-state index in [0.717, 1.165) is 5.56 Å². The van der Waals surface area contributed by atoms with E-state index in [4.69, 9.17) is 4.74 Å². The number of anilines is 1. The molecule has 1 atom stereocenters. The molecule has 27 heavy (non-hydrogen) atoms. The molecule has 0 aromatic heterocycles. The number of Topliss-reactive ketones (excluding diaryl/α,β-unsaturated/α-hetero) is 1. The van der Waals surface area contributed by atoms with E-state index in [1.165, 1.54) is 0 Å². The standard InChI is InChI=1S/C23H21NO3/c1-16-9-6-7-14-21(16)23(26)24-19-12-8-13-20(15-19)27-17(2)22(25)18-10-4-3-5-11-18/h3-15,17H,1-2H3,(H,24,26). The summed E-state index contributed by atoms with van der Waals surface area (Å²) in [5.41, 5.74) is 2.75. The minimum atomic E-state index is -0.630. The van der Waals surface area contributed by atoms with E-state index in [1.807, 2.05) is 43.3 Å². The van der Waals surface area contributed by atoms with Gasteiger partial charge >= 0.3 is 0 Å². The third-order valence-electron chi connectivity index (χ3n) is 4.22. The molecule has 0 saturated carbocycles. The summed E-state index contributed by atoms with van der Waals surface area (Å²) in [7, 11) is 0. The quantitative estimate of drug-likeness (QED) is 0.637. The molecule has 0 aliphatic rings. The highest BCUT2D eigenvalue weighted by molar-refractivity contribution is 6.05. The van der Waals surface area contributed by atoms with Gasteiger partial charge in [-0.05, 0) is 37.6 Å². The van der Waals surface area contributed by atoms with Crippen LogP contribution in [0.15, 0.2) is 78.9 Å². The Morgan fingerprint density at radius 2 is 1.59 bits per heavy atom. The maximum absolute atomic E-state index is 12.5. The first kappa shape index (κ1) is 18.4. The number of aryl methyl sites for hydroxylation is 1. The molecule has 0 bridgehead atoms. The third-order valence-corrected chi connectivity index (χ3v) is 4.22. The lowest BCUT2D eigenvalue weighted by Crippen LogP contribution is -2.23. The number of rotatable bonds is 6. The molecule has 0 heterocycles. The molecule has 4 nitrogen and oxygen atoms in total. The Bertz CT molecular complexity index is 951. The minimum absolute atomic E-state index is 0.0926. The van der Waals surface area contributed by atoms with Gasteiger partial charge in [-0.1, -0.05) is 54.6 Å². The molecular weight excluding hydrogens is 338 g/mol. The van der Waals surface area contributed by atoms with Crippen molar-refractivity contribution in [3.8, 4) is 5.75 Å². The summed E-state index contributed by atoms with van der Waals surface area (Å²) in [6, 6.07) is 23.5. The monoisotopic (exact) mass is 359 g/mol. The van der Waals surface area contributed by atoms with Crippen LogP contribution in [0.5, 0.6) is 5.75 Å². The Morgan fingerprint density at radius 1 is 0.889 bits per heavy atom. The molecule has 0 radical (unpaired) electrons. The Morgan fingerprint density at radius 3 is 2.33 bits per heavy atom. The van der Waals surface area contributed by atoms with Crippen LogP contribution in [0.2, 0.25) is 0 Å². The smallest absolute Gasteiger partial charge is 0.255 e. The predicted molar refractivity (Wildman–Crippen MR) is 106 cm³/mol. The molecule has 3 rings (SSSR count). The highest BCUT2D eigenvalue weighted by Crippen LogP contribution is 2.21. The second-order valence-corrected chi connectivity index (χ2v) is 6.29. The zero-order chi connectivity index (χ0) is 19.2. The van der Waals surface area contributed by atoms with Crippen molar-refractivity contribution in [3.05, 3.63) is 95.6 Å². The highest BCUT2D eigenvalue weighted by Gasteiger charge is 2.17. The first-order valence-electron chi connectivity index (χ1n) is 8.77. The first-order chi connectivity index (χ1) is 13.0. The molecule has 0 aliphatic carbocycles. The highest BCUT2D eigenvalue weighted by atomic mass is 16.5. The number of ketones is 1. The van der Waals surface area contributed by atoms with Crippen molar-refractivity contribution in [1.82, 2.24) is 0 Å². The van der Waals surface area contributed by atoms with Gasteiger partial charge in [-0.2, -0.15) is 0 Å². The average Bonchev–Trinajstić information content (AvgIpc) is 2.68. The SMILES string of the molecule is Cc1ccccc1C(=O)Nc1cccc(OC(C)C(=O)c2ccccc2)c1. The molecule has 0 spiro atoms. The van der Waals surface area contributed by atoms with Crippen LogP contribution < -0.4 is 10.1 Å². The number of hydrogen-bond acceptors (Lipinski definition) is 3. The van der Waals surface area contributed by atoms with Crippen LogP contribution in [0.3, 0.4) is 0 Å². The van der Waals surface area contributed by atoms with Gasteiger partial charge in [0, 0.05) is 22.9 Å². The second kappa shape index (κ2) is 8.32. The number of carbonyl (C=O) groups is 2. The zero-order valence-corrected chi connectivity index (χ0v) is 15.3. The van der Waals surface area contributed by atoms with Crippen LogP contribution >= 0.6 is 0 Å². The molecule has 1 amide bonds. The van der Waals surface area contributed by atoms with Crippen molar-refractivity contribution in [2.24, 2.45) is 0 Å².